The van der Waals surface area contributed by atoms with Crippen molar-refractivity contribution in [1.29, 1.82) is 0 Å². The van der Waals surface area contributed by atoms with E-state index in [1.54, 1.807) is 0 Å². The quantitative estimate of drug-likeness (QED) is 0.652. The maximum atomic E-state index is 10.5. The molecule has 0 unspecified atom stereocenters. The van der Waals surface area contributed by atoms with Crippen LogP contribution in [-0.4, -0.2) is 34.3 Å². The van der Waals surface area contributed by atoms with Gasteiger partial charge in [0.05, 0.1) is 6.26 Å². The molecule has 0 aromatic rings. The molecule has 0 bridgehead atoms. The Bertz CT molecular complexity index is 179. The first kappa shape index (κ1) is 15.3. The number of hydrogen-bond donors (Lipinski definition) is 2. The van der Waals surface area contributed by atoms with Gasteiger partial charge >= 0.3 is 0 Å². The summed E-state index contributed by atoms with van der Waals surface area (Å²) in [5.74, 6) is 0. The molecule has 13 heavy (non-hydrogen) atoms. The van der Waals surface area contributed by atoms with Gasteiger partial charge in [-0.05, 0) is 6.54 Å². The smallest absolute Gasteiger partial charge is 0.208 e. The van der Waals surface area contributed by atoms with Crippen LogP contribution >= 0.6 is 0 Å². The van der Waals surface area contributed by atoms with Gasteiger partial charge in [-0.15, -0.1) is 0 Å². The summed E-state index contributed by atoms with van der Waals surface area (Å²) in [6.45, 7) is 8.24. The third-order valence-corrected chi connectivity index (χ3v) is 1.64. The first-order valence-electron chi connectivity index (χ1n) is 4.63. The van der Waals surface area contributed by atoms with E-state index in [-0.39, 0.29) is 0 Å². The molecule has 0 aliphatic carbocycles. The molecule has 0 aliphatic rings. The molecule has 0 radical (unpaired) electrons. The fourth-order valence-corrected chi connectivity index (χ4v) is 0.974. The lowest BCUT2D eigenvalue weighted by Gasteiger charge is -2.01. The highest BCUT2D eigenvalue weighted by Crippen LogP contribution is 1.69. The predicted molar refractivity (Wildman–Crippen MR) is 57.4 cm³/mol. The highest BCUT2D eigenvalue weighted by molar-refractivity contribution is 7.88. The Hall–Kier alpha value is -0.130. The van der Waals surface area contributed by atoms with Crippen LogP contribution in [0.5, 0.6) is 0 Å². The van der Waals surface area contributed by atoms with E-state index in [4.69, 9.17) is 0 Å². The molecule has 5 heteroatoms. The molecule has 0 amide bonds. The van der Waals surface area contributed by atoms with E-state index in [0.717, 1.165) is 12.8 Å². The van der Waals surface area contributed by atoms with Crippen LogP contribution in [0.4, 0.5) is 0 Å². The Morgan fingerprint density at radius 2 is 1.54 bits per heavy atom. The first-order valence-corrected chi connectivity index (χ1v) is 6.52. The monoisotopic (exact) mass is 210 g/mol. The van der Waals surface area contributed by atoms with Crippen molar-refractivity contribution in [2.24, 2.45) is 0 Å². The van der Waals surface area contributed by atoms with Crippen molar-refractivity contribution >= 4 is 10.0 Å². The van der Waals surface area contributed by atoms with Crippen molar-refractivity contribution in [1.82, 2.24) is 10.0 Å². The summed E-state index contributed by atoms with van der Waals surface area (Å²) >= 11 is 0. The van der Waals surface area contributed by atoms with Gasteiger partial charge in [-0.3, -0.25) is 0 Å². The fourth-order valence-electron chi connectivity index (χ4n) is 0.502. The minimum absolute atomic E-state index is 0.465. The summed E-state index contributed by atoms with van der Waals surface area (Å²) < 4.78 is 23.3. The molecule has 0 saturated heterocycles. The summed E-state index contributed by atoms with van der Waals surface area (Å²) in [7, 11) is -2.99. The largest absolute Gasteiger partial charge is 0.316 e. The van der Waals surface area contributed by atoms with Gasteiger partial charge in [-0.2, -0.15) is 0 Å². The standard InChI is InChI=1S/C5H14N2O2S.C3H8/c1-3-6-4-5-7-10(2,8)9;1-3-2/h6-7H,3-5H2,1-2H3;3H2,1-2H3. The Balaban J connectivity index is 0. The number of sulfonamides is 1. The Labute approximate surface area is 82.2 Å². The van der Waals surface area contributed by atoms with Crippen molar-refractivity contribution in [2.45, 2.75) is 27.2 Å². The average molecular weight is 210 g/mol. The molecule has 2 N–H and O–H groups in total. The molecule has 0 heterocycles. The second-order valence-electron chi connectivity index (χ2n) is 2.73. The van der Waals surface area contributed by atoms with Crippen LogP contribution in [0, 0.1) is 0 Å². The second-order valence-corrected chi connectivity index (χ2v) is 4.56. The van der Waals surface area contributed by atoms with E-state index in [1.807, 2.05) is 6.92 Å². The first-order chi connectivity index (χ1) is 5.97. The van der Waals surface area contributed by atoms with Crippen LogP contribution in [0.25, 0.3) is 0 Å². The van der Waals surface area contributed by atoms with E-state index in [9.17, 15) is 8.42 Å². The zero-order valence-electron chi connectivity index (χ0n) is 9.05. The summed E-state index contributed by atoms with van der Waals surface area (Å²) in [6, 6.07) is 0. The summed E-state index contributed by atoms with van der Waals surface area (Å²) in [5.41, 5.74) is 0. The van der Waals surface area contributed by atoms with Gasteiger partial charge < -0.3 is 5.32 Å². The maximum Gasteiger partial charge on any atom is 0.208 e. The van der Waals surface area contributed by atoms with Crippen molar-refractivity contribution in [3.05, 3.63) is 0 Å². The molecule has 0 aromatic heterocycles. The van der Waals surface area contributed by atoms with Crippen LogP contribution < -0.4 is 10.0 Å². The molecule has 0 atom stereocenters. The summed E-state index contributed by atoms with van der Waals surface area (Å²) in [4.78, 5) is 0. The van der Waals surface area contributed by atoms with Crippen LogP contribution in [0.1, 0.15) is 27.2 Å². The van der Waals surface area contributed by atoms with Gasteiger partial charge in [-0.25, -0.2) is 13.1 Å². The molecule has 0 saturated carbocycles. The Kier molecular flexibility index (Phi) is 11.8. The lowest BCUT2D eigenvalue weighted by molar-refractivity contribution is 0.583. The van der Waals surface area contributed by atoms with Crippen molar-refractivity contribution in [2.75, 3.05) is 25.9 Å². The number of hydrogen-bond acceptors (Lipinski definition) is 3. The lowest BCUT2D eigenvalue weighted by atomic mass is 10.6. The van der Waals surface area contributed by atoms with Gasteiger partial charge in [0.2, 0.25) is 10.0 Å². The molecule has 0 fully saturated rings. The minimum atomic E-state index is -2.99. The van der Waals surface area contributed by atoms with Gasteiger partial charge in [0.25, 0.3) is 0 Å². The van der Waals surface area contributed by atoms with E-state index in [1.165, 1.54) is 6.42 Å². The van der Waals surface area contributed by atoms with E-state index in [0.29, 0.717) is 13.1 Å². The van der Waals surface area contributed by atoms with Gasteiger partial charge in [0.1, 0.15) is 0 Å². The highest BCUT2D eigenvalue weighted by Gasteiger charge is 1.96. The SMILES string of the molecule is CCC.CCNCCNS(C)(=O)=O. The molecule has 4 nitrogen and oxygen atoms in total. The molecule has 0 spiro atoms. The second kappa shape index (κ2) is 9.95. The van der Waals surface area contributed by atoms with Crippen LogP contribution in [-0.2, 0) is 10.0 Å². The predicted octanol–water partition coefficient (Wildman–Crippen LogP) is 0.561. The molecule has 82 valence electrons. The van der Waals surface area contributed by atoms with Crippen molar-refractivity contribution in [3.8, 4) is 0 Å². The number of rotatable bonds is 5. The zero-order valence-corrected chi connectivity index (χ0v) is 9.87. The van der Waals surface area contributed by atoms with E-state index < -0.39 is 10.0 Å². The molecule has 0 aromatic carbocycles. The summed E-state index contributed by atoms with van der Waals surface area (Å²) in [6.07, 6.45) is 2.40. The van der Waals surface area contributed by atoms with Crippen LogP contribution in [0.2, 0.25) is 0 Å². The number of likely N-dealkylation sites (N-methyl/N-ethyl adjacent to an activating group) is 1. The third kappa shape index (κ3) is 24.5. The summed E-state index contributed by atoms with van der Waals surface area (Å²) in [5, 5.41) is 2.99. The molecular weight excluding hydrogens is 188 g/mol. The number of nitrogens with one attached hydrogen (secondary N) is 2. The fraction of sp³-hybridized carbons (Fsp3) is 1.00. The van der Waals surface area contributed by atoms with Crippen LogP contribution in [0.3, 0.4) is 0 Å². The molecular formula is C8H22N2O2S. The van der Waals surface area contributed by atoms with E-state index in [2.05, 4.69) is 23.9 Å². The topological polar surface area (TPSA) is 58.2 Å². The van der Waals surface area contributed by atoms with E-state index >= 15 is 0 Å². The van der Waals surface area contributed by atoms with Gasteiger partial charge in [-0.1, -0.05) is 27.2 Å². The zero-order chi connectivity index (χ0) is 10.7. The maximum absolute atomic E-state index is 10.5. The normalized spacial score (nSPS) is 10.5. The highest BCUT2D eigenvalue weighted by atomic mass is 32.2. The third-order valence-electron chi connectivity index (χ3n) is 0.916. The van der Waals surface area contributed by atoms with Crippen molar-refractivity contribution in [3.63, 3.8) is 0 Å². The Morgan fingerprint density at radius 1 is 1.08 bits per heavy atom. The minimum Gasteiger partial charge on any atom is -0.316 e. The van der Waals surface area contributed by atoms with Gasteiger partial charge in [0, 0.05) is 13.1 Å². The van der Waals surface area contributed by atoms with Crippen LogP contribution in [0.15, 0.2) is 0 Å². The van der Waals surface area contributed by atoms with Gasteiger partial charge in [0.15, 0.2) is 0 Å². The lowest BCUT2D eigenvalue weighted by Crippen LogP contribution is -2.30. The Morgan fingerprint density at radius 3 is 1.85 bits per heavy atom. The molecule has 0 aliphatic heterocycles. The average Bonchev–Trinajstić information content (AvgIpc) is 1.98. The van der Waals surface area contributed by atoms with Crippen molar-refractivity contribution < 1.29 is 8.42 Å². The molecule has 0 rings (SSSR count).